The second-order valence-electron chi connectivity index (χ2n) is 7.34. The summed E-state index contributed by atoms with van der Waals surface area (Å²) < 4.78 is 10.8. The highest BCUT2D eigenvalue weighted by molar-refractivity contribution is 7.80. The smallest absolute Gasteiger partial charge is 0.291 e. The molecule has 3 N–H and O–H groups in total. The lowest BCUT2D eigenvalue weighted by atomic mass is 10.2. The van der Waals surface area contributed by atoms with Crippen molar-refractivity contribution in [3.8, 4) is 5.75 Å². The Morgan fingerprint density at radius 1 is 0.886 bits per heavy atom. The van der Waals surface area contributed by atoms with Gasteiger partial charge in [0.1, 0.15) is 12.4 Å². The molecule has 1 aromatic heterocycles. The molecule has 2 amide bonds. The highest BCUT2D eigenvalue weighted by Gasteiger charge is 2.13. The third kappa shape index (κ3) is 6.69. The summed E-state index contributed by atoms with van der Waals surface area (Å²) in [5, 5.41) is 8.58. The van der Waals surface area contributed by atoms with Crippen LogP contribution in [0.15, 0.2) is 95.6 Å². The molecule has 0 saturated carbocycles. The van der Waals surface area contributed by atoms with Crippen LogP contribution in [0.3, 0.4) is 0 Å². The van der Waals surface area contributed by atoms with Crippen LogP contribution in [0.1, 0.15) is 26.5 Å². The number of nitrogens with one attached hydrogen (secondary N) is 3. The molecule has 0 fully saturated rings. The highest BCUT2D eigenvalue weighted by atomic mass is 35.5. The van der Waals surface area contributed by atoms with E-state index in [0.717, 1.165) is 5.56 Å². The molecule has 4 aromatic rings. The number of furan rings is 1. The van der Waals surface area contributed by atoms with Gasteiger partial charge in [0.15, 0.2) is 10.9 Å². The van der Waals surface area contributed by atoms with Crippen LogP contribution in [0.5, 0.6) is 5.75 Å². The Kier molecular flexibility index (Phi) is 7.77. The van der Waals surface area contributed by atoms with Gasteiger partial charge in [-0.25, -0.2) is 0 Å². The number of ether oxygens (including phenoxy) is 1. The van der Waals surface area contributed by atoms with Gasteiger partial charge in [0.2, 0.25) is 0 Å². The van der Waals surface area contributed by atoms with Gasteiger partial charge in [0.25, 0.3) is 11.8 Å². The minimum absolute atomic E-state index is 0.0917. The average molecular weight is 506 g/mol. The summed E-state index contributed by atoms with van der Waals surface area (Å²) in [4.78, 5) is 24.8. The van der Waals surface area contributed by atoms with Gasteiger partial charge in [0.05, 0.1) is 17.0 Å². The molecule has 0 spiro atoms. The number of halogens is 1. The van der Waals surface area contributed by atoms with Gasteiger partial charge in [-0.15, -0.1) is 0 Å². The van der Waals surface area contributed by atoms with Crippen molar-refractivity contribution in [3.05, 3.63) is 113 Å². The van der Waals surface area contributed by atoms with Gasteiger partial charge >= 0.3 is 0 Å². The number of hydrogen-bond acceptors (Lipinski definition) is 5. The average Bonchev–Trinajstić information content (AvgIpc) is 3.40. The molecule has 0 bridgehead atoms. The first-order valence-electron chi connectivity index (χ1n) is 10.5. The molecule has 1 heterocycles. The molecule has 35 heavy (non-hydrogen) atoms. The second-order valence-corrected chi connectivity index (χ2v) is 8.15. The number of rotatable bonds is 7. The standard InChI is InChI=1S/C26H20ClN3O4S/c27-21-15-19(11-12-22(21)29-25(32)23-10-5-13-33-23)28-26(35)30-24(31)18-8-4-9-20(14-18)34-16-17-6-2-1-3-7-17/h1-15H,16H2,(H,29,32)(H2,28,30,31,35). The molecule has 0 aliphatic carbocycles. The van der Waals surface area contributed by atoms with E-state index in [2.05, 4.69) is 16.0 Å². The first-order chi connectivity index (χ1) is 17.0. The van der Waals surface area contributed by atoms with Gasteiger partial charge in [0, 0.05) is 11.3 Å². The molecule has 9 heteroatoms. The largest absolute Gasteiger partial charge is 0.489 e. The van der Waals surface area contributed by atoms with Crippen molar-refractivity contribution in [2.75, 3.05) is 10.6 Å². The van der Waals surface area contributed by atoms with Gasteiger partial charge < -0.3 is 19.8 Å². The zero-order valence-corrected chi connectivity index (χ0v) is 19.9. The molecule has 0 saturated heterocycles. The summed E-state index contributed by atoms with van der Waals surface area (Å²) in [5.41, 5.74) is 2.36. The number of hydrogen-bond donors (Lipinski definition) is 3. The lowest BCUT2D eigenvalue weighted by molar-refractivity contribution is 0.0974. The van der Waals surface area contributed by atoms with E-state index in [1.54, 1.807) is 54.6 Å². The Bertz CT molecular complexity index is 1340. The molecule has 0 aliphatic heterocycles. The fraction of sp³-hybridized carbons (Fsp3) is 0.0385. The minimum atomic E-state index is -0.421. The molecule has 0 aliphatic rings. The van der Waals surface area contributed by atoms with E-state index in [9.17, 15) is 9.59 Å². The van der Waals surface area contributed by atoms with Crippen LogP contribution in [0.25, 0.3) is 0 Å². The highest BCUT2D eigenvalue weighted by Crippen LogP contribution is 2.26. The fourth-order valence-corrected chi connectivity index (χ4v) is 3.53. The predicted octanol–water partition coefficient (Wildman–Crippen LogP) is 5.89. The number of carbonyl (C=O) groups is 2. The van der Waals surface area contributed by atoms with Crippen LogP contribution < -0.4 is 20.7 Å². The maximum Gasteiger partial charge on any atom is 0.291 e. The molecule has 0 radical (unpaired) electrons. The second kappa shape index (κ2) is 11.3. The number of anilines is 2. The Morgan fingerprint density at radius 2 is 1.71 bits per heavy atom. The lowest BCUT2D eigenvalue weighted by Crippen LogP contribution is -2.34. The Balaban J connectivity index is 1.32. The van der Waals surface area contributed by atoms with Crippen LogP contribution in [0.2, 0.25) is 5.02 Å². The van der Waals surface area contributed by atoms with E-state index >= 15 is 0 Å². The van der Waals surface area contributed by atoms with E-state index in [4.69, 9.17) is 33.0 Å². The van der Waals surface area contributed by atoms with Gasteiger partial charge in [-0.3, -0.25) is 14.9 Å². The van der Waals surface area contributed by atoms with Gasteiger partial charge in [-0.1, -0.05) is 48.0 Å². The molecule has 0 atom stereocenters. The summed E-state index contributed by atoms with van der Waals surface area (Å²) in [5.74, 6) is -0.0718. The SMILES string of the molecule is O=C(NC(=S)Nc1ccc(NC(=O)c2ccco2)c(Cl)c1)c1cccc(OCc2ccccc2)c1. The van der Waals surface area contributed by atoms with Crippen LogP contribution in [0.4, 0.5) is 11.4 Å². The molecule has 3 aromatic carbocycles. The molecular formula is C26H20ClN3O4S. The Hall–Kier alpha value is -4.14. The fourth-order valence-electron chi connectivity index (χ4n) is 3.09. The normalized spacial score (nSPS) is 10.3. The summed E-state index contributed by atoms with van der Waals surface area (Å²) in [6, 6.07) is 24.6. The molecule has 7 nitrogen and oxygen atoms in total. The van der Waals surface area contributed by atoms with E-state index < -0.39 is 5.91 Å². The maximum absolute atomic E-state index is 12.7. The molecule has 4 rings (SSSR count). The third-order valence-electron chi connectivity index (χ3n) is 4.79. The first kappa shape index (κ1) is 24.0. The van der Waals surface area contributed by atoms with E-state index in [1.165, 1.54) is 6.26 Å². The number of amides is 2. The summed E-state index contributed by atoms with van der Waals surface area (Å²) in [6.07, 6.45) is 1.41. The Labute approximate surface area is 212 Å². The minimum Gasteiger partial charge on any atom is -0.489 e. The van der Waals surface area contributed by atoms with Crippen molar-refractivity contribution < 1.29 is 18.7 Å². The molecule has 0 unspecified atom stereocenters. The van der Waals surface area contributed by atoms with Crippen molar-refractivity contribution >= 4 is 52.1 Å². The third-order valence-corrected chi connectivity index (χ3v) is 5.31. The zero-order chi connectivity index (χ0) is 24.6. The molecular weight excluding hydrogens is 486 g/mol. The number of benzene rings is 3. The van der Waals surface area contributed by atoms with E-state index in [0.29, 0.717) is 29.3 Å². The van der Waals surface area contributed by atoms with Crippen molar-refractivity contribution in [2.45, 2.75) is 6.61 Å². The first-order valence-corrected chi connectivity index (χ1v) is 11.3. The predicted molar refractivity (Wildman–Crippen MR) is 139 cm³/mol. The quantitative estimate of drug-likeness (QED) is 0.271. The van der Waals surface area contributed by atoms with E-state index in [1.807, 2.05) is 30.3 Å². The summed E-state index contributed by atoms with van der Waals surface area (Å²) in [7, 11) is 0. The van der Waals surface area contributed by atoms with Crippen LogP contribution in [0, 0.1) is 0 Å². The van der Waals surface area contributed by atoms with Crippen LogP contribution >= 0.6 is 23.8 Å². The van der Waals surface area contributed by atoms with Crippen molar-refractivity contribution in [3.63, 3.8) is 0 Å². The Morgan fingerprint density at radius 3 is 2.46 bits per heavy atom. The van der Waals surface area contributed by atoms with Crippen molar-refractivity contribution in [1.82, 2.24) is 5.32 Å². The monoisotopic (exact) mass is 505 g/mol. The number of thiocarbonyl (C=S) groups is 1. The summed E-state index contributed by atoms with van der Waals surface area (Å²) >= 11 is 11.5. The van der Waals surface area contributed by atoms with Gasteiger partial charge in [-0.05, 0) is 66.3 Å². The number of carbonyl (C=O) groups excluding carboxylic acids is 2. The molecule has 176 valence electrons. The van der Waals surface area contributed by atoms with Crippen molar-refractivity contribution in [1.29, 1.82) is 0 Å². The van der Waals surface area contributed by atoms with E-state index in [-0.39, 0.29) is 21.8 Å². The van der Waals surface area contributed by atoms with Crippen molar-refractivity contribution in [2.24, 2.45) is 0 Å². The van der Waals surface area contributed by atoms with Crippen LogP contribution in [-0.2, 0) is 6.61 Å². The van der Waals surface area contributed by atoms with Crippen LogP contribution in [-0.4, -0.2) is 16.9 Å². The summed E-state index contributed by atoms with van der Waals surface area (Å²) in [6.45, 7) is 0.393. The van der Waals surface area contributed by atoms with Gasteiger partial charge in [-0.2, -0.15) is 0 Å². The maximum atomic E-state index is 12.7. The zero-order valence-electron chi connectivity index (χ0n) is 18.3. The topological polar surface area (TPSA) is 92.6 Å². The lowest BCUT2D eigenvalue weighted by Gasteiger charge is -2.12.